The first-order chi connectivity index (χ1) is 12.6. The number of carbonyl (C=O) groups excluding carboxylic acids is 2. The topological polar surface area (TPSA) is 57.4 Å². The zero-order valence-corrected chi connectivity index (χ0v) is 16.5. The van der Waals surface area contributed by atoms with Crippen molar-refractivity contribution in [3.05, 3.63) is 70.8 Å². The molecule has 0 saturated carbocycles. The summed E-state index contributed by atoms with van der Waals surface area (Å²) in [5, 5.41) is 9.83. The molecule has 27 heavy (non-hydrogen) atoms. The van der Waals surface area contributed by atoms with Gasteiger partial charge in [0.25, 0.3) is 0 Å². The summed E-state index contributed by atoms with van der Waals surface area (Å²) >= 11 is 0. The number of aliphatic hydroxyl groups is 1. The third kappa shape index (κ3) is 4.34. The molecule has 2 aromatic carbocycles. The zero-order chi connectivity index (χ0) is 19.8. The minimum Gasteiger partial charge on any atom is -0.382 e. The van der Waals surface area contributed by atoms with Gasteiger partial charge in [-0.25, -0.2) is 0 Å². The average molecular weight is 365 g/mol. The van der Waals surface area contributed by atoms with Crippen LogP contribution in [0.4, 0.5) is 0 Å². The average Bonchev–Trinajstić information content (AvgIpc) is 3.47. The van der Waals surface area contributed by atoms with Gasteiger partial charge in [0.05, 0.1) is 5.54 Å². The van der Waals surface area contributed by atoms with Gasteiger partial charge in [0.15, 0.2) is 11.6 Å². The van der Waals surface area contributed by atoms with Crippen LogP contribution in [0.5, 0.6) is 0 Å². The molecule has 0 radical (unpaired) electrons. The molecular formula is C23H27NO3. The molecule has 1 N–H and O–H groups in total. The highest BCUT2D eigenvalue weighted by molar-refractivity contribution is 6.03. The van der Waals surface area contributed by atoms with Crippen molar-refractivity contribution in [2.45, 2.75) is 45.3 Å². The third-order valence-electron chi connectivity index (χ3n) is 5.19. The molecule has 0 aliphatic carbocycles. The predicted molar refractivity (Wildman–Crippen MR) is 106 cm³/mol. The molecule has 3 rings (SSSR count). The molecule has 0 atom stereocenters. The van der Waals surface area contributed by atoms with Crippen LogP contribution in [0, 0.1) is 0 Å². The van der Waals surface area contributed by atoms with Crippen LogP contribution in [-0.2, 0) is 6.42 Å². The van der Waals surface area contributed by atoms with Gasteiger partial charge in [-0.05, 0) is 45.2 Å². The normalized spacial score (nSPS) is 14.9. The second-order valence-corrected chi connectivity index (χ2v) is 8.33. The van der Waals surface area contributed by atoms with Crippen LogP contribution >= 0.6 is 0 Å². The first-order valence-corrected chi connectivity index (χ1v) is 9.34. The number of rotatable bonds is 7. The lowest BCUT2D eigenvalue weighted by atomic mass is 9.91. The van der Waals surface area contributed by atoms with Crippen LogP contribution in [-0.4, -0.2) is 45.8 Å². The Kier molecular flexibility index (Phi) is 5.06. The van der Waals surface area contributed by atoms with E-state index in [0.29, 0.717) is 5.56 Å². The molecule has 4 nitrogen and oxygen atoms in total. The molecule has 1 aliphatic heterocycles. The van der Waals surface area contributed by atoms with E-state index in [4.69, 9.17) is 0 Å². The van der Waals surface area contributed by atoms with E-state index in [0.717, 1.165) is 36.2 Å². The molecule has 1 heterocycles. The summed E-state index contributed by atoms with van der Waals surface area (Å²) in [6.07, 6.45) is 0.723. The number of nitrogens with zero attached hydrogens (tertiary/aromatic N) is 1. The Morgan fingerprint density at radius 3 is 1.59 bits per heavy atom. The van der Waals surface area contributed by atoms with Crippen molar-refractivity contribution in [3.63, 3.8) is 0 Å². The molecule has 0 amide bonds. The Labute approximate surface area is 160 Å². The van der Waals surface area contributed by atoms with E-state index in [9.17, 15) is 14.7 Å². The van der Waals surface area contributed by atoms with E-state index in [2.05, 4.69) is 4.90 Å². The van der Waals surface area contributed by atoms with E-state index in [1.165, 1.54) is 13.8 Å². The van der Waals surface area contributed by atoms with Gasteiger partial charge in [-0.2, -0.15) is 0 Å². The van der Waals surface area contributed by atoms with E-state index in [1.54, 1.807) is 12.1 Å². The molecule has 142 valence electrons. The number of carbonyl (C=O) groups is 2. The van der Waals surface area contributed by atoms with Crippen LogP contribution in [0.1, 0.15) is 59.5 Å². The lowest BCUT2D eigenvalue weighted by Crippen LogP contribution is -2.39. The third-order valence-corrected chi connectivity index (χ3v) is 5.19. The van der Waals surface area contributed by atoms with Gasteiger partial charge in [0.2, 0.25) is 0 Å². The second kappa shape index (κ2) is 7.02. The van der Waals surface area contributed by atoms with Crippen molar-refractivity contribution in [1.29, 1.82) is 0 Å². The Balaban J connectivity index is 1.68. The Hall–Kier alpha value is -2.30. The molecule has 1 fully saturated rings. The standard InChI is InChI=1S/C23H27NO3/c1-22(2,24-13-14-24)20(25)18-9-5-16(6-10-18)15-17-7-11-19(12-8-17)21(26)23(3,4)27/h5-12,27H,13-15H2,1-4H3. The maximum atomic E-state index is 12.7. The number of benzene rings is 2. The summed E-state index contributed by atoms with van der Waals surface area (Å²) < 4.78 is 0. The monoisotopic (exact) mass is 365 g/mol. The molecule has 2 aromatic rings. The van der Waals surface area contributed by atoms with Gasteiger partial charge in [-0.15, -0.1) is 0 Å². The number of hydrogen-bond acceptors (Lipinski definition) is 4. The van der Waals surface area contributed by atoms with Gasteiger partial charge in [0, 0.05) is 24.2 Å². The van der Waals surface area contributed by atoms with Crippen molar-refractivity contribution >= 4 is 11.6 Å². The number of ketones is 2. The van der Waals surface area contributed by atoms with E-state index in [1.807, 2.05) is 50.2 Å². The summed E-state index contributed by atoms with van der Waals surface area (Å²) in [5.41, 5.74) is 1.62. The van der Waals surface area contributed by atoms with Crippen LogP contribution in [0.3, 0.4) is 0 Å². The highest BCUT2D eigenvalue weighted by Gasteiger charge is 2.40. The quantitative estimate of drug-likeness (QED) is 0.603. The predicted octanol–water partition coefficient (Wildman–Crippen LogP) is 3.51. The molecule has 0 unspecified atom stereocenters. The molecule has 4 heteroatoms. The summed E-state index contributed by atoms with van der Waals surface area (Å²) in [6, 6.07) is 15.1. The highest BCUT2D eigenvalue weighted by atomic mass is 16.3. The Bertz CT molecular complexity index is 839. The van der Waals surface area contributed by atoms with Crippen LogP contribution < -0.4 is 0 Å². The SMILES string of the molecule is CC(C)(O)C(=O)c1ccc(Cc2ccc(C(=O)C(C)(C)N3CC3)cc2)cc1. The minimum atomic E-state index is -1.37. The fourth-order valence-electron chi connectivity index (χ4n) is 3.24. The number of Topliss-reactive ketones (excluding diaryl/α,β-unsaturated/α-hetero) is 2. The largest absolute Gasteiger partial charge is 0.382 e. The highest BCUT2D eigenvalue weighted by Crippen LogP contribution is 2.26. The molecule has 0 aromatic heterocycles. The van der Waals surface area contributed by atoms with E-state index in [-0.39, 0.29) is 11.6 Å². The van der Waals surface area contributed by atoms with Crippen LogP contribution in [0.25, 0.3) is 0 Å². The van der Waals surface area contributed by atoms with Crippen LogP contribution in [0.15, 0.2) is 48.5 Å². The maximum absolute atomic E-state index is 12.7. The van der Waals surface area contributed by atoms with Crippen LogP contribution in [0.2, 0.25) is 0 Å². The Morgan fingerprint density at radius 1 is 0.815 bits per heavy atom. The van der Waals surface area contributed by atoms with Crippen molar-refractivity contribution < 1.29 is 14.7 Å². The summed E-state index contributed by atoms with van der Waals surface area (Å²) in [4.78, 5) is 27.0. The molecule has 0 spiro atoms. The molecule has 1 saturated heterocycles. The summed E-state index contributed by atoms with van der Waals surface area (Å²) in [7, 11) is 0. The maximum Gasteiger partial charge on any atom is 0.193 e. The van der Waals surface area contributed by atoms with Gasteiger partial charge in [0.1, 0.15) is 5.60 Å². The molecular weight excluding hydrogens is 338 g/mol. The minimum absolute atomic E-state index is 0.154. The Morgan fingerprint density at radius 2 is 1.22 bits per heavy atom. The van der Waals surface area contributed by atoms with Crippen molar-refractivity contribution in [2.75, 3.05) is 13.1 Å². The van der Waals surface area contributed by atoms with Gasteiger partial charge < -0.3 is 5.11 Å². The molecule has 0 bridgehead atoms. The van der Waals surface area contributed by atoms with E-state index >= 15 is 0 Å². The lowest BCUT2D eigenvalue weighted by Gasteiger charge is -2.24. The smallest absolute Gasteiger partial charge is 0.193 e. The second-order valence-electron chi connectivity index (χ2n) is 8.33. The fourth-order valence-corrected chi connectivity index (χ4v) is 3.24. The number of hydrogen-bond donors (Lipinski definition) is 1. The lowest BCUT2D eigenvalue weighted by molar-refractivity contribution is 0.0488. The van der Waals surface area contributed by atoms with Crippen molar-refractivity contribution in [3.8, 4) is 0 Å². The first kappa shape index (κ1) is 19.5. The first-order valence-electron chi connectivity index (χ1n) is 9.34. The summed E-state index contributed by atoms with van der Waals surface area (Å²) in [5.74, 6) is -0.132. The van der Waals surface area contributed by atoms with Crippen molar-refractivity contribution in [1.82, 2.24) is 4.90 Å². The van der Waals surface area contributed by atoms with Crippen molar-refractivity contribution in [2.24, 2.45) is 0 Å². The van der Waals surface area contributed by atoms with Gasteiger partial charge >= 0.3 is 0 Å². The fraction of sp³-hybridized carbons (Fsp3) is 0.391. The van der Waals surface area contributed by atoms with Gasteiger partial charge in [-0.3, -0.25) is 14.5 Å². The zero-order valence-electron chi connectivity index (χ0n) is 16.5. The summed E-state index contributed by atoms with van der Waals surface area (Å²) in [6.45, 7) is 8.92. The van der Waals surface area contributed by atoms with Gasteiger partial charge in [-0.1, -0.05) is 48.5 Å². The van der Waals surface area contributed by atoms with E-state index < -0.39 is 11.1 Å². The molecule has 1 aliphatic rings.